The molecule has 1 aromatic carbocycles. The lowest BCUT2D eigenvalue weighted by Gasteiger charge is -2.10. The van der Waals surface area contributed by atoms with Crippen LogP contribution in [0.4, 0.5) is 0 Å². The van der Waals surface area contributed by atoms with Gasteiger partial charge in [-0.05, 0) is 24.1 Å². The van der Waals surface area contributed by atoms with Gasteiger partial charge in [-0.25, -0.2) is 4.79 Å². The van der Waals surface area contributed by atoms with Crippen LogP contribution in [0.5, 0.6) is 0 Å². The number of fused-ring (bicyclic) bond motifs is 1. The molecule has 0 aliphatic heterocycles. The van der Waals surface area contributed by atoms with Crippen molar-refractivity contribution in [2.24, 2.45) is 0 Å². The summed E-state index contributed by atoms with van der Waals surface area (Å²) in [6.45, 7) is 3.90. The Morgan fingerprint density at radius 1 is 1.28 bits per heavy atom. The van der Waals surface area contributed by atoms with E-state index in [0.717, 1.165) is 0 Å². The molecule has 1 N–H and O–H groups in total. The number of rotatable bonds is 2. The molecule has 1 aromatic heterocycles. The molecular weight excluding hydrogens is 273 g/mol. The highest BCUT2D eigenvalue weighted by Crippen LogP contribution is 2.30. The predicted octanol–water partition coefficient (Wildman–Crippen LogP) is 4.36. The summed E-state index contributed by atoms with van der Waals surface area (Å²) in [5.41, 5.74) is 1.35. The molecule has 0 saturated heterocycles. The summed E-state index contributed by atoms with van der Waals surface area (Å²) < 4.78 is 0. The van der Waals surface area contributed by atoms with E-state index in [1.165, 1.54) is 0 Å². The summed E-state index contributed by atoms with van der Waals surface area (Å²) in [6, 6.07) is 4.71. The number of hydrogen-bond acceptors (Lipinski definition) is 2. The molecule has 5 heteroatoms. The molecule has 0 amide bonds. The van der Waals surface area contributed by atoms with Gasteiger partial charge in [-0.2, -0.15) is 0 Å². The van der Waals surface area contributed by atoms with E-state index >= 15 is 0 Å². The minimum atomic E-state index is -1.01. The summed E-state index contributed by atoms with van der Waals surface area (Å²) >= 11 is 12.0. The van der Waals surface area contributed by atoms with Gasteiger partial charge in [0.2, 0.25) is 0 Å². The first-order chi connectivity index (χ1) is 8.40. The molecule has 0 saturated carbocycles. The fraction of sp³-hybridized carbons (Fsp3) is 0.231. The van der Waals surface area contributed by atoms with Crippen LogP contribution in [-0.2, 0) is 0 Å². The quantitative estimate of drug-likeness (QED) is 0.891. The summed E-state index contributed by atoms with van der Waals surface area (Å²) in [7, 11) is 0. The average molecular weight is 284 g/mol. The zero-order valence-corrected chi connectivity index (χ0v) is 11.4. The van der Waals surface area contributed by atoms with Crippen molar-refractivity contribution in [2.75, 3.05) is 0 Å². The topological polar surface area (TPSA) is 50.2 Å². The summed E-state index contributed by atoms with van der Waals surface area (Å²) in [6.07, 6.45) is 0. The molecule has 0 aliphatic rings. The zero-order valence-electron chi connectivity index (χ0n) is 9.87. The minimum Gasteiger partial charge on any atom is -0.478 e. The fourth-order valence-electron chi connectivity index (χ4n) is 1.74. The number of aromatic nitrogens is 1. The minimum absolute atomic E-state index is 0.124. The first kappa shape index (κ1) is 13.1. The Labute approximate surface area is 114 Å². The van der Waals surface area contributed by atoms with E-state index in [4.69, 9.17) is 23.2 Å². The molecule has 94 valence electrons. The molecule has 0 spiro atoms. The Morgan fingerprint density at radius 2 is 1.94 bits per heavy atom. The SMILES string of the molecule is CC(C)c1cc(C(=O)O)c2cc(Cl)cc(Cl)c2n1. The van der Waals surface area contributed by atoms with Crippen LogP contribution >= 0.6 is 23.2 Å². The van der Waals surface area contributed by atoms with Crippen LogP contribution in [0.15, 0.2) is 18.2 Å². The Kier molecular flexibility index (Phi) is 3.46. The number of benzene rings is 1. The average Bonchev–Trinajstić information content (AvgIpc) is 2.27. The summed E-state index contributed by atoms with van der Waals surface area (Å²) in [5.74, 6) is -0.887. The van der Waals surface area contributed by atoms with Gasteiger partial charge in [-0.3, -0.25) is 4.98 Å². The maximum atomic E-state index is 11.3. The molecule has 2 rings (SSSR count). The molecule has 1 heterocycles. The first-order valence-electron chi connectivity index (χ1n) is 5.43. The molecular formula is C13H11Cl2NO2. The molecule has 0 unspecified atom stereocenters. The number of nitrogens with zero attached hydrogens (tertiary/aromatic N) is 1. The van der Waals surface area contributed by atoms with Crippen molar-refractivity contribution in [2.45, 2.75) is 19.8 Å². The van der Waals surface area contributed by atoms with Crippen LogP contribution in [0.3, 0.4) is 0 Å². The standard InChI is InChI=1S/C13H11Cl2NO2/c1-6(2)11-5-9(13(17)18)8-3-7(14)4-10(15)12(8)16-11/h3-6H,1-2H3,(H,17,18). The number of pyridine rings is 1. The monoisotopic (exact) mass is 283 g/mol. The Balaban J connectivity index is 2.90. The van der Waals surface area contributed by atoms with Crippen molar-refractivity contribution in [3.05, 3.63) is 39.5 Å². The van der Waals surface area contributed by atoms with Crippen LogP contribution in [0, 0.1) is 0 Å². The van der Waals surface area contributed by atoms with Crippen molar-refractivity contribution in [3.8, 4) is 0 Å². The third kappa shape index (κ3) is 2.28. The zero-order chi connectivity index (χ0) is 13.4. The second-order valence-corrected chi connectivity index (χ2v) is 5.18. The van der Waals surface area contributed by atoms with E-state index in [1.807, 2.05) is 13.8 Å². The maximum absolute atomic E-state index is 11.3. The third-order valence-electron chi connectivity index (χ3n) is 2.67. The molecule has 0 fully saturated rings. The lowest BCUT2D eigenvalue weighted by Crippen LogP contribution is -2.03. The molecule has 2 aromatic rings. The Morgan fingerprint density at radius 3 is 2.50 bits per heavy atom. The predicted molar refractivity (Wildman–Crippen MR) is 72.8 cm³/mol. The molecule has 3 nitrogen and oxygen atoms in total. The van der Waals surface area contributed by atoms with Crippen molar-refractivity contribution in [3.63, 3.8) is 0 Å². The normalized spacial score (nSPS) is 11.2. The largest absolute Gasteiger partial charge is 0.478 e. The molecule has 0 bridgehead atoms. The van der Waals surface area contributed by atoms with E-state index in [-0.39, 0.29) is 11.5 Å². The fourth-order valence-corrected chi connectivity index (χ4v) is 2.28. The van der Waals surface area contributed by atoms with Gasteiger partial charge in [0.15, 0.2) is 0 Å². The van der Waals surface area contributed by atoms with Gasteiger partial charge in [0, 0.05) is 16.1 Å². The number of carboxylic acid groups (broad SMARTS) is 1. The van der Waals surface area contributed by atoms with Gasteiger partial charge in [-0.15, -0.1) is 0 Å². The number of carboxylic acids is 1. The van der Waals surface area contributed by atoms with Crippen LogP contribution < -0.4 is 0 Å². The van der Waals surface area contributed by atoms with E-state index in [2.05, 4.69) is 4.98 Å². The van der Waals surface area contributed by atoms with Crippen molar-refractivity contribution < 1.29 is 9.90 Å². The molecule has 18 heavy (non-hydrogen) atoms. The second kappa shape index (κ2) is 4.75. The van der Waals surface area contributed by atoms with E-state index in [9.17, 15) is 9.90 Å². The first-order valence-corrected chi connectivity index (χ1v) is 6.18. The van der Waals surface area contributed by atoms with Crippen LogP contribution in [0.25, 0.3) is 10.9 Å². The third-order valence-corrected chi connectivity index (χ3v) is 3.18. The second-order valence-electron chi connectivity index (χ2n) is 4.34. The smallest absolute Gasteiger partial charge is 0.336 e. The van der Waals surface area contributed by atoms with Gasteiger partial charge >= 0.3 is 5.97 Å². The van der Waals surface area contributed by atoms with Crippen molar-refractivity contribution in [1.82, 2.24) is 4.98 Å². The van der Waals surface area contributed by atoms with E-state index < -0.39 is 5.97 Å². The van der Waals surface area contributed by atoms with Crippen molar-refractivity contribution in [1.29, 1.82) is 0 Å². The maximum Gasteiger partial charge on any atom is 0.336 e. The number of aromatic carboxylic acids is 1. The molecule has 0 aliphatic carbocycles. The van der Waals surface area contributed by atoms with Gasteiger partial charge in [-0.1, -0.05) is 37.0 Å². The Bertz CT molecular complexity index is 638. The highest BCUT2D eigenvalue weighted by Gasteiger charge is 2.16. The van der Waals surface area contributed by atoms with Crippen molar-refractivity contribution >= 4 is 40.1 Å². The van der Waals surface area contributed by atoms with Gasteiger partial charge in [0.1, 0.15) is 0 Å². The van der Waals surface area contributed by atoms with Crippen LogP contribution in [0.2, 0.25) is 10.0 Å². The van der Waals surface area contributed by atoms with Crippen LogP contribution in [0.1, 0.15) is 35.8 Å². The highest BCUT2D eigenvalue weighted by molar-refractivity contribution is 6.38. The van der Waals surface area contributed by atoms with Crippen LogP contribution in [-0.4, -0.2) is 16.1 Å². The van der Waals surface area contributed by atoms with E-state index in [0.29, 0.717) is 26.6 Å². The lowest BCUT2D eigenvalue weighted by molar-refractivity contribution is 0.0699. The molecule has 0 radical (unpaired) electrons. The van der Waals surface area contributed by atoms with Gasteiger partial charge < -0.3 is 5.11 Å². The molecule has 0 atom stereocenters. The highest BCUT2D eigenvalue weighted by atomic mass is 35.5. The number of carbonyl (C=O) groups is 1. The Hall–Kier alpha value is -1.32. The number of hydrogen-bond donors (Lipinski definition) is 1. The van der Waals surface area contributed by atoms with Gasteiger partial charge in [0.25, 0.3) is 0 Å². The van der Waals surface area contributed by atoms with E-state index in [1.54, 1.807) is 18.2 Å². The summed E-state index contributed by atoms with van der Waals surface area (Å²) in [4.78, 5) is 15.7. The number of halogens is 2. The summed E-state index contributed by atoms with van der Waals surface area (Å²) in [5, 5.41) is 10.5. The lowest BCUT2D eigenvalue weighted by atomic mass is 10.0. The van der Waals surface area contributed by atoms with Gasteiger partial charge in [0.05, 0.1) is 16.1 Å².